The fraction of sp³-hybridized carbons (Fsp3) is 0.412. The summed E-state index contributed by atoms with van der Waals surface area (Å²) < 4.78 is 10.1. The molecule has 1 aliphatic rings. The van der Waals surface area contributed by atoms with Crippen LogP contribution in [0.5, 0.6) is 5.75 Å². The van der Waals surface area contributed by atoms with Crippen molar-refractivity contribution in [1.82, 2.24) is 0 Å². The van der Waals surface area contributed by atoms with E-state index in [9.17, 15) is 14.7 Å². The molecule has 0 aromatic heterocycles. The SMILES string of the molecule is Cc1cc(O)c(C(C)C)cc1NC=C1C(=O)OC(C)(C)OC1=O. The molecule has 1 aromatic carbocycles. The Morgan fingerprint density at radius 3 is 2.26 bits per heavy atom. The second-order valence-corrected chi connectivity index (χ2v) is 6.26. The highest BCUT2D eigenvalue weighted by Gasteiger charge is 2.38. The minimum atomic E-state index is -1.26. The van der Waals surface area contributed by atoms with Crippen molar-refractivity contribution >= 4 is 17.6 Å². The van der Waals surface area contributed by atoms with E-state index in [1.54, 1.807) is 12.1 Å². The Morgan fingerprint density at radius 1 is 1.17 bits per heavy atom. The van der Waals surface area contributed by atoms with Crippen molar-refractivity contribution in [3.8, 4) is 5.75 Å². The van der Waals surface area contributed by atoms with Crippen molar-refractivity contribution in [2.45, 2.75) is 46.3 Å². The highest BCUT2D eigenvalue weighted by molar-refractivity contribution is 6.15. The number of aromatic hydroxyl groups is 1. The zero-order valence-corrected chi connectivity index (χ0v) is 13.9. The Kier molecular flexibility index (Phi) is 4.36. The van der Waals surface area contributed by atoms with Gasteiger partial charge in [0.2, 0.25) is 0 Å². The first-order valence-electron chi connectivity index (χ1n) is 7.37. The van der Waals surface area contributed by atoms with Crippen LogP contribution < -0.4 is 5.32 Å². The van der Waals surface area contributed by atoms with Crippen molar-refractivity contribution < 1.29 is 24.2 Å². The Morgan fingerprint density at radius 2 is 1.74 bits per heavy atom. The lowest BCUT2D eigenvalue weighted by Gasteiger charge is -2.29. The maximum atomic E-state index is 11.9. The van der Waals surface area contributed by atoms with Crippen LogP contribution in [0.1, 0.15) is 44.7 Å². The van der Waals surface area contributed by atoms with Gasteiger partial charge >= 0.3 is 11.9 Å². The van der Waals surface area contributed by atoms with Gasteiger partial charge in [-0.15, -0.1) is 0 Å². The fourth-order valence-electron chi connectivity index (χ4n) is 2.26. The third-order valence-electron chi connectivity index (χ3n) is 3.48. The maximum Gasteiger partial charge on any atom is 0.350 e. The molecule has 23 heavy (non-hydrogen) atoms. The summed E-state index contributed by atoms with van der Waals surface area (Å²) in [4.78, 5) is 23.8. The van der Waals surface area contributed by atoms with Gasteiger partial charge in [-0.3, -0.25) is 0 Å². The first-order valence-corrected chi connectivity index (χ1v) is 7.37. The second-order valence-electron chi connectivity index (χ2n) is 6.26. The van der Waals surface area contributed by atoms with Gasteiger partial charge in [0.05, 0.1) is 0 Å². The predicted molar refractivity (Wildman–Crippen MR) is 84.9 cm³/mol. The number of cyclic esters (lactones) is 2. The molecule has 0 radical (unpaired) electrons. The maximum absolute atomic E-state index is 11.9. The van der Waals surface area contributed by atoms with Crippen LogP contribution in [0.25, 0.3) is 0 Å². The van der Waals surface area contributed by atoms with Gasteiger partial charge in [-0.2, -0.15) is 0 Å². The predicted octanol–water partition coefficient (Wildman–Crippen LogP) is 2.96. The molecular formula is C17H21NO5. The molecule has 1 aliphatic heterocycles. The Bertz CT molecular complexity index is 666. The van der Waals surface area contributed by atoms with Crippen molar-refractivity contribution in [3.05, 3.63) is 35.0 Å². The van der Waals surface area contributed by atoms with E-state index < -0.39 is 17.7 Å². The number of rotatable bonds is 3. The van der Waals surface area contributed by atoms with Crippen LogP contribution in [0.2, 0.25) is 0 Å². The molecule has 6 nitrogen and oxygen atoms in total. The number of nitrogens with one attached hydrogen (secondary N) is 1. The minimum absolute atomic E-state index is 0.134. The number of hydrogen-bond acceptors (Lipinski definition) is 6. The van der Waals surface area contributed by atoms with Crippen LogP contribution in [-0.4, -0.2) is 22.8 Å². The summed E-state index contributed by atoms with van der Waals surface area (Å²) in [6.07, 6.45) is 1.27. The Balaban J connectivity index is 2.28. The van der Waals surface area contributed by atoms with Crippen molar-refractivity contribution in [2.24, 2.45) is 0 Å². The third kappa shape index (κ3) is 3.64. The monoisotopic (exact) mass is 319 g/mol. The summed E-state index contributed by atoms with van der Waals surface area (Å²) in [6, 6.07) is 3.42. The molecule has 0 amide bonds. The number of phenols is 1. The summed E-state index contributed by atoms with van der Waals surface area (Å²) in [5.41, 5.74) is 2.03. The molecule has 0 saturated carbocycles. The van der Waals surface area contributed by atoms with Gasteiger partial charge in [-0.1, -0.05) is 13.8 Å². The topological polar surface area (TPSA) is 84.9 Å². The van der Waals surface area contributed by atoms with E-state index in [0.717, 1.165) is 11.1 Å². The molecule has 1 saturated heterocycles. The van der Waals surface area contributed by atoms with Crippen molar-refractivity contribution in [2.75, 3.05) is 5.32 Å². The summed E-state index contributed by atoms with van der Waals surface area (Å²) in [7, 11) is 0. The number of carbonyl (C=O) groups is 2. The average molecular weight is 319 g/mol. The molecular weight excluding hydrogens is 298 g/mol. The van der Waals surface area contributed by atoms with E-state index in [1.165, 1.54) is 20.0 Å². The molecule has 0 bridgehead atoms. The van der Waals surface area contributed by atoms with Gasteiger partial charge in [-0.25, -0.2) is 9.59 Å². The van der Waals surface area contributed by atoms with Gasteiger partial charge < -0.3 is 19.9 Å². The number of anilines is 1. The molecule has 0 spiro atoms. The van der Waals surface area contributed by atoms with E-state index in [4.69, 9.17) is 9.47 Å². The Hall–Kier alpha value is -2.50. The number of benzene rings is 1. The highest BCUT2D eigenvalue weighted by atomic mass is 16.7. The van der Waals surface area contributed by atoms with E-state index in [0.29, 0.717) is 5.69 Å². The molecule has 2 N–H and O–H groups in total. The number of aryl methyl sites for hydroxylation is 1. The van der Waals surface area contributed by atoms with Crippen LogP contribution >= 0.6 is 0 Å². The number of esters is 2. The molecule has 1 aromatic rings. The second kappa shape index (κ2) is 5.95. The molecule has 124 valence electrons. The smallest absolute Gasteiger partial charge is 0.350 e. The largest absolute Gasteiger partial charge is 0.508 e. The van der Waals surface area contributed by atoms with Crippen LogP contribution in [0.15, 0.2) is 23.9 Å². The van der Waals surface area contributed by atoms with Gasteiger partial charge in [0.1, 0.15) is 5.75 Å². The molecule has 0 atom stereocenters. The van der Waals surface area contributed by atoms with Crippen molar-refractivity contribution in [1.29, 1.82) is 0 Å². The normalized spacial score (nSPS) is 16.9. The van der Waals surface area contributed by atoms with Crippen LogP contribution in [0, 0.1) is 6.92 Å². The standard InChI is InChI=1S/C17H21NO5/c1-9(2)11-7-13(10(3)6-14(11)19)18-8-12-15(20)22-17(4,5)23-16(12)21/h6-9,18-19H,1-5H3. The summed E-state index contributed by atoms with van der Waals surface area (Å²) >= 11 is 0. The summed E-state index contributed by atoms with van der Waals surface area (Å²) in [6.45, 7) is 8.72. The van der Waals surface area contributed by atoms with E-state index in [-0.39, 0.29) is 17.2 Å². The number of hydrogen-bond donors (Lipinski definition) is 2. The minimum Gasteiger partial charge on any atom is -0.508 e. The lowest BCUT2D eigenvalue weighted by molar-refractivity contribution is -0.222. The van der Waals surface area contributed by atoms with E-state index in [1.807, 2.05) is 20.8 Å². The molecule has 2 rings (SSSR count). The summed E-state index contributed by atoms with van der Waals surface area (Å²) in [5, 5.41) is 12.9. The lowest BCUT2D eigenvalue weighted by Crippen LogP contribution is -2.42. The first kappa shape index (κ1) is 16.9. The zero-order chi connectivity index (χ0) is 17.4. The molecule has 6 heteroatoms. The number of phenolic OH excluding ortho intramolecular Hbond substituents is 1. The molecule has 0 unspecified atom stereocenters. The average Bonchev–Trinajstić information content (AvgIpc) is 2.37. The quantitative estimate of drug-likeness (QED) is 0.386. The van der Waals surface area contributed by atoms with Crippen LogP contribution in [-0.2, 0) is 19.1 Å². The van der Waals surface area contributed by atoms with E-state index in [2.05, 4.69) is 5.32 Å². The van der Waals surface area contributed by atoms with Crippen LogP contribution in [0.3, 0.4) is 0 Å². The number of ether oxygens (including phenoxy) is 2. The third-order valence-corrected chi connectivity index (χ3v) is 3.48. The first-order chi connectivity index (χ1) is 10.6. The molecule has 1 fully saturated rings. The lowest BCUT2D eigenvalue weighted by atomic mass is 9.99. The zero-order valence-electron chi connectivity index (χ0n) is 13.9. The van der Waals surface area contributed by atoms with Crippen molar-refractivity contribution in [3.63, 3.8) is 0 Å². The van der Waals surface area contributed by atoms with Gasteiger partial charge in [0.15, 0.2) is 5.57 Å². The highest BCUT2D eigenvalue weighted by Crippen LogP contribution is 2.31. The van der Waals surface area contributed by atoms with Gasteiger partial charge in [0, 0.05) is 25.7 Å². The molecule has 0 aliphatic carbocycles. The van der Waals surface area contributed by atoms with Gasteiger partial charge in [0.25, 0.3) is 5.79 Å². The van der Waals surface area contributed by atoms with Crippen LogP contribution in [0.4, 0.5) is 5.69 Å². The fourth-order valence-corrected chi connectivity index (χ4v) is 2.26. The van der Waals surface area contributed by atoms with E-state index >= 15 is 0 Å². The number of carbonyl (C=O) groups excluding carboxylic acids is 2. The summed E-state index contributed by atoms with van der Waals surface area (Å²) in [5.74, 6) is -2.38. The Labute approximate surface area is 135 Å². The molecule has 1 heterocycles. The van der Waals surface area contributed by atoms with Gasteiger partial charge in [-0.05, 0) is 36.1 Å².